The van der Waals surface area contributed by atoms with Crippen molar-refractivity contribution in [1.82, 2.24) is 19.6 Å². The average molecular weight is 651 g/mol. The number of aromatic amines is 1. The van der Waals surface area contributed by atoms with Gasteiger partial charge in [0.25, 0.3) is 5.91 Å². The van der Waals surface area contributed by atoms with Gasteiger partial charge in [0.05, 0.1) is 42.8 Å². The quantitative estimate of drug-likeness (QED) is 0.196. The Morgan fingerprint density at radius 2 is 1.89 bits per heavy atom. The van der Waals surface area contributed by atoms with Crippen LogP contribution in [0, 0.1) is 0 Å². The molecule has 0 fully saturated rings. The van der Waals surface area contributed by atoms with Gasteiger partial charge >= 0.3 is 0 Å². The van der Waals surface area contributed by atoms with Crippen LogP contribution >= 0.6 is 0 Å². The summed E-state index contributed by atoms with van der Waals surface area (Å²) in [5.74, 6) is 1.68. The molecule has 1 aromatic heterocycles. The fraction of sp³-hybridized carbons (Fsp3) is 0.312. The number of hydrogen-bond acceptors (Lipinski definition) is 10. The zero-order valence-electron chi connectivity index (χ0n) is 25.0. The topological polar surface area (TPSA) is 162 Å². The number of aliphatic hydroxyl groups is 1. The molecule has 3 aromatic carbocycles. The zero-order valence-corrected chi connectivity index (χ0v) is 25.9. The molecule has 3 heterocycles. The second-order valence-electron chi connectivity index (χ2n) is 10.6. The monoisotopic (exact) mass is 650 g/mol. The number of allylic oxidation sites excluding steroid dienone is 1. The Hall–Kier alpha value is -4.63. The normalized spacial score (nSPS) is 17.5. The summed E-state index contributed by atoms with van der Waals surface area (Å²) in [5, 5.41) is 12.5. The van der Waals surface area contributed by atoms with Gasteiger partial charge in [-0.15, -0.1) is 0 Å². The number of amides is 1. The Bertz CT molecular complexity index is 1790. The van der Waals surface area contributed by atoms with Crippen LogP contribution in [-0.4, -0.2) is 80.2 Å². The number of aromatic nitrogens is 2. The molecule has 6 rings (SSSR count). The summed E-state index contributed by atoms with van der Waals surface area (Å²) in [7, 11) is -2.44. The Labute approximate surface area is 265 Å². The lowest BCUT2D eigenvalue weighted by molar-refractivity contribution is -0.146. The number of imidazole rings is 1. The number of sulfonamides is 1. The van der Waals surface area contributed by atoms with Gasteiger partial charge in [-0.2, -0.15) is 4.31 Å². The number of fused-ring (bicyclic) bond motifs is 2. The number of nitrogens with zero attached hydrogens (tertiary/aromatic N) is 2. The highest BCUT2D eigenvalue weighted by Gasteiger charge is 2.31. The molecule has 0 spiro atoms. The first-order chi connectivity index (χ1) is 22.3. The van der Waals surface area contributed by atoms with E-state index in [0.29, 0.717) is 29.5 Å². The van der Waals surface area contributed by atoms with Crippen LogP contribution in [0.5, 0.6) is 17.2 Å². The van der Waals surface area contributed by atoms with E-state index in [9.17, 15) is 18.3 Å². The fourth-order valence-electron chi connectivity index (χ4n) is 5.28. The molecule has 0 saturated heterocycles. The number of carbonyl (C=O) groups is 1. The molecule has 2 aliphatic rings. The fourth-order valence-corrected chi connectivity index (χ4v) is 6.70. The van der Waals surface area contributed by atoms with E-state index in [-0.39, 0.29) is 56.2 Å². The molecule has 1 amide bonds. The largest absolute Gasteiger partial charge is 0.497 e. The third-order valence-corrected chi connectivity index (χ3v) is 9.56. The Morgan fingerprint density at radius 3 is 2.67 bits per heavy atom. The maximum atomic E-state index is 13.3. The molecular weight excluding hydrogens is 616 g/mol. The van der Waals surface area contributed by atoms with Gasteiger partial charge < -0.3 is 39.1 Å². The minimum Gasteiger partial charge on any atom is -0.497 e. The lowest BCUT2D eigenvalue weighted by Gasteiger charge is -2.30. The molecule has 0 saturated carbocycles. The number of para-hydroxylation sites is 2. The van der Waals surface area contributed by atoms with Crippen LogP contribution in [0.25, 0.3) is 11.0 Å². The number of methoxy groups -OCH3 is 1. The molecule has 13 nitrogen and oxygen atoms in total. The van der Waals surface area contributed by atoms with Crippen molar-refractivity contribution in [2.45, 2.75) is 30.1 Å². The summed E-state index contributed by atoms with van der Waals surface area (Å²) in [6, 6.07) is 19.1. The third-order valence-electron chi connectivity index (χ3n) is 7.65. The number of aliphatic hydroxyl groups excluding tert-OH is 1. The molecule has 14 heteroatoms. The zero-order chi connectivity index (χ0) is 32.1. The van der Waals surface area contributed by atoms with Gasteiger partial charge in [0.15, 0.2) is 17.3 Å². The van der Waals surface area contributed by atoms with Gasteiger partial charge in [-0.1, -0.05) is 18.2 Å². The van der Waals surface area contributed by atoms with E-state index in [1.54, 1.807) is 18.2 Å². The van der Waals surface area contributed by atoms with Crippen LogP contribution in [0.1, 0.15) is 23.7 Å². The molecule has 2 atom stereocenters. The van der Waals surface area contributed by atoms with E-state index in [0.717, 1.165) is 20.9 Å². The molecule has 242 valence electrons. The van der Waals surface area contributed by atoms with Crippen LogP contribution in [-0.2, 0) is 30.8 Å². The van der Waals surface area contributed by atoms with Crippen molar-refractivity contribution >= 4 is 27.0 Å². The van der Waals surface area contributed by atoms with Crippen LogP contribution in [0.2, 0.25) is 0 Å². The van der Waals surface area contributed by atoms with Gasteiger partial charge in [-0.25, -0.2) is 13.4 Å². The first-order valence-corrected chi connectivity index (χ1v) is 16.1. The minimum absolute atomic E-state index is 0.0538. The summed E-state index contributed by atoms with van der Waals surface area (Å²) in [4.78, 5) is 21.1. The van der Waals surface area contributed by atoms with E-state index in [1.807, 2.05) is 42.5 Å². The maximum Gasteiger partial charge on any atom is 0.286 e. The Kier molecular flexibility index (Phi) is 9.40. The highest BCUT2D eigenvalue weighted by molar-refractivity contribution is 7.89. The molecule has 0 radical (unpaired) electrons. The van der Waals surface area contributed by atoms with E-state index in [1.165, 1.54) is 19.2 Å². The van der Waals surface area contributed by atoms with Crippen molar-refractivity contribution in [3.8, 4) is 17.2 Å². The molecule has 0 aliphatic carbocycles. The van der Waals surface area contributed by atoms with Crippen LogP contribution in [0.4, 0.5) is 0 Å². The predicted molar refractivity (Wildman–Crippen MR) is 166 cm³/mol. The van der Waals surface area contributed by atoms with Crippen molar-refractivity contribution in [3.63, 3.8) is 0 Å². The number of benzene rings is 3. The predicted octanol–water partition coefficient (Wildman–Crippen LogP) is 3.03. The van der Waals surface area contributed by atoms with Crippen molar-refractivity contribution in [3.05, 3.63) is 90.0 Å². The maximum absolute atomic E-state index is 13.3. The van der Waals surface area contributed by atoms with Crippen LogP contribution in [0.3, 0.4) is 0 Å². The number of ether oxygens (including phenoxy) is 5. The van der Waals surface area contributed by atoms with Crippen molar-refractivity contribution in [2.24, 2.45) is 0 Å². The van der Waals surface area contributed by atoms with Crippen molar-refractivity contribution in [1.29, 1.82) is 0 Å². The van der Waals surface area contributed by atoms with Crippen molar-refractivity contribution < 1.29 is 42.0 Å². The van der Waals surface area contributed by atoms with E-state index in [2.05, 4.69) is 15.3 Å². The Morgan fingerprint density at radius 1 is 1.09 bits per heavy atom. The van der Waals surface area contributed by atoms with Gasteiger partial charge in [0.2, 0.25) is 23.1 Å². The summed E-state index contributed by atoms with van der Waals surface area (Å²) >= 11 is 0. The van der Waals surface area contributed by atoms with E-state index in [4.69, 9.17) is 23.7 Å². The molecular formula is C32H34N4O9S. The summed E-state index contributed by atoms with van der Waals surface area (Å²) in [6.07, 6.45) is 1.22. The lowest BCUT2D eigenvalue weighted by atomic mass is 9.92. The number of hydrogen-bond donors (Lipinski definition) is 3. The second-order valence-corrected chi connectivity index (χ2v) is 12.5. The third kappa shape index (κ3) is 6.94. The van der Waals surface area contributed by atoms with Gasteiger partial charge in [-0.3, -0.25) is 4.79 Å². The van der Waals surface area contributed by atoms with Gasteiger partial charge in [0, 0.05) is 25.4 Å². The second kappa shape index (κ2) is 13.8. The highest BCUT2D eigenvalue weighted by Crippen LogP contribution is 2.38. The van der Waals surface area contributed by atoms with E-state index < -0.39 is 22.2 Å². The standard InChI is InChI=1S/C32H34N4O9S/c1-41-23-7-9-24(10-8-23)46(39,40)36(12-14-37)13-15-42-31-18-22(21-6-11-27-28(16-21)44-20-43-27)17-29(45-31)32(38)33-19-30-34-25-4-2-3-5-26(25)35-30/h2-11,16-17,22,31,37H,12-15,18-20H2,1H3,(H,33,38)(H,34,35). The van der Waals surface area contributed by atoms with Gasteiger partial charge in [-0.05, 0) is 60.2 Å². The lowest BCUT2D eigenvalue weighted by Crippen LogP contribution is -2.38. The Balaban J connectivity index is 1.15. The highest BCUT2D eigenvalue weighted by atomic mass is 32.2. The van der Waals surface area contributed by atoms with Crippen LogP contribution in [0.15, 0.2) is 83.5 Å². The molecule has 0 bridgehead atoms. The first kappa shape index (κ1) is 31.4. The number of carbonyl (C=O) groups excluding carboxylic acids is 1. The average Bonchev–Trinajstić information content (AvgIpc) is 3.73. The number of rotatable bonds is 13. The SMILES string of the molecule is COc1ccc(S(=O)(=O)N(CCO)CCOC2CC(c3ccc4c(c3)OCO4)C=C(C(=O)NCc3nc4ccccc4[nH]3)O2)cc1. The number of nitrogens with one attached hydrogen (secondary N) is 2. The summed E-state index contributed by atoms with van der Waals surface area (Å²) in [5.41, 5.74) is 2.52. The summed E-state index contributed by atoms with van der Waals surface area (Å²) in [6.45, 7) is -0.331. The molecule has 4 aromatic rings. The van der Waals surface area contributed by atoms with Gasteiger partial charge in [0.1, 0.15) is 11.6 Å². The minimum atomic E-state index is -3.93. The smallest absolute Gasteiger partial charge is 0.286 e. The molecule has 2 unspecified atom stereocenters. The van der Waals surface area contributed by atoms with Crippen molar-refractivity contribution in [2.75, 3.05) is 40.2 Å². The van der Waals surface area contributed by atoms with E-state index >= 15 is 0 Å². The van der Waals surface area contributed by atoms with Crippen LogP contribution < -0.4 is 19.5 Å². The summed E-state index contributed by atoms with van der Waals surface area (Å²) < 4.78 is 55.9. The first-order valence-electron chi connectivity index (χ1n) is 14.7. The molecule has 3 N–H and O–H groups in total. The number of H-pyrrole nitrogens is 1. The molecule has 2 aliphatic heterocycles. The molecule has 46 heavy (non-hydrogen) atoms.